The molecule has 0 radical (unpaired) electrons. The van der Waals surface area contributed by atoms with Crippen molar-refractivity contribution in [1.29, 1.82) is 0 Å². The second kappa shape index (κ2) is 23.6. The number of nitrogens with zero attached hydrogens (tertiary/aromatic N) is 2. The molecule has 4 nitrogen and oxygen atoms in total. The van der Waals surface area contributed by atoms with Gasteiger partial charge in [0.25, 0.3) is 0 Å². The molecular weight excluding hydrogens is 645 g/mol. The largest absolute Gasteiger partial charge is 0.361 e. The fourth-order valence-electron chi connectivity index (χ4n) is 8.65. The number of aromatic amines is 2. The number of hydrogen-bond acceptors (Lipinski definition) is 2. The van der Waals surface area contributed by atoms with Crippen LogP contribution in [0.1, 0.15) is 159 Å². The molecule has 2 fully saturated rings. The molecule has 1 aliphatic carbocycles. The molecule has 2 aliphatic heterocycles. The van der Waals surface area contributed by atoms with Gasteiger partial charge in [-0.1, -0.05) is 113 Å². The lowest BCUT2D eigenvalue weighted by Crippen LogP contribution is -2.31. The molecule has 4 heterocycles. The molecule has 6 rings (SSSR count). The van der Waals surface area contributed by atoms with Crippen LogP contribution in [0.3, 0.4) is 0 Å². The van der Waals surface area contributed by atoms with E-state index >= 15 is 0 Å². The van der Waals surface area contributed by atoms with Crippen LogP contribution in [0.5, 0.6) is 0 Å². The summed E-state index contributed by atoms with van der Waals surface area (Å²) in [5, 5.41) is 4.37. The standard InChI is InChI=1S/C33H50N2.C14H20N2.C2H6/c1-4-5-6-7-8-9-10-11-12-13-14-15-16-17-18-20-28(2)25-29-21-19-22-32-33(29)31(26-34-32)30-23-24-35(3)27-30;1-10-4-3-5-13-14(10)12(8-15-13)11-6-7-16(2)9-11;1-2/h8-9,11-12,19,21-22,26,30,34H,2,4-7,10,13-18,20,23-25,27H2,1,3H3;5,8,11,15H,3-4,6-7,9H2,1-2H3;1-2H3/b9-8-,12-11-;;. The summed E-state index contributed by atoms with van der Waals surface area (Å²) in [7, 11) is 4.46. The van der Waals surface area contributed by atoms with Crippen molar-refractivity contribution in [3.8, 4) is 0 Å². The molecule has 0 spiro atoms. The summed E-state index contributed by atoms with van der Waals surface area (Å²) >= 11 is 0. The molecule has 3 aromatic rings. The molecule has 2 N–H and O–H groups in total. The molecule has 0 saturated carbocycles. The Labute approximate surface area is 324 Å². The van der Waals surface area contributed by atoms with Gasteiger partial charge in [-0.2, -0.15) is 0 Å². The van der Waals surface area contributed by atoms with Gasteiger partial charge in [0, 0.05) is 47.0 Å². The van der Waals surface area contributed by atoms with Gasteiger partial charge in [0.2, 0.25) is 0 Å². The summed E-state index contributed by atoms with van der Waals surface area (Å²) in [5.41, 5.74) is 8.79. The summed E-state index contributed by atoms with van der Waals surface area (Å²) in [6.45, 7) is 17.9. The lowest BCUT2D eigenvalue weighted by atomic mass is 9.92. The molecule has 0 amide bonds. The molecule has 2 atom stereocenters. The van der Waals surface area contributed by atoms with Gasteiger partial charge in [-0.25, -0.2) is 0 Å². The first-order chi connectivity index (χ1) is 25.9. The maximum Gasteiger partial charge on any atom is 0.0459 e. The second-order valence-electron chi connectivity index (χ2n) is 16.0. The van der Waals surface area contributed by atoms with Crippen molar-refractivity contribution < 1.29 is 0 Å². The van der Waals surface area contributed by atoms with E-state index in [2.05, 4.69) is 115 Å². The number of aromatic nitrogens is 2. The number of likely N-dealkylation sites (tertiary alicyclic amines) is 2. The number of likely N-dealkylation sites (N-methyl/N-ethyl adjacent to an activating group) is 2. The zero-order chi connectivity index (χ0) is 37.8. The van der Waals surface area contributed by atoms with Crippen LogP contribution in [-0.4, -0.2) is 60.0 Å². The first-order valence-corrected chi connectivity index (χ1v) is 21.7. The predicted octanol–water partition coefficient (Wildman–Crippen LogP) is 11.7. The summed E-state index contributed by atoms with van der Waals surface area (Å²) < 4.78 is 0. The van der Waals surface area contributed by atoms with Gasteiger partial charge >= 0.3 is 0 Å². The van der Waals surface area contributed by atoms with Crippen molar-refractivity contribution in [1.82, 2.24) is 19.8 Å². The molecule has 4 heteroatoms. The first-order valence-electron chi connectivity index (χ1n) is 21.7. The van der Waals surface area contributed by atoms with Gasteiger partial charge < -0.3 is 19.8 Å². The minimum atomic E-state index is 0.657. The monoisotopic (exact) mass is 721 g/mol. The fraction of sp³-hybridized carbons (Fsp3) is 0.592. The number of unbranched alkanes of at least 4 members (excludes halogenated alkanes) is 8. The van der Waals surface area contributed by atoms with E-state index < -0.39 is 0 Å². The zero-order valence-electron chi connectivity index (χ0n) is 34.9. The van der Waals surface area contributed by atoms with Crippen LogP contribution in [0.2, 0.25) is 0 Å². The second-order valence-corrected chi connectivity index (χ2v) is 16.0. The number of H-pyrrole nitrogens is 2. The number of allylic oxidation sites excluding steroid dienone is 5. The number of fused-ring (bicyclic) bond motifs is 2. The molecule has 292 valence electrons. The maximum atomic E-state index is 4.45. The van der Waals surface area contributed by atoms with Gasteiger partial charge in [0.1, 0.15) is 0 Å². The van der Waals surface area contributed by atoms with Crippen LogP contribution in [-0.2, 0) is 6.42 Å². The van der Waals surface area contributed by atoms with E-state index in [0.29, 0.717) is 5.92 Å². The zero-order valence-corrected chi connectivity index (χ0v) is 34.9. The Morgan fingerprint density at radius 3 is 2.13 bits per heavy atom. The van der Waals surface area contributed by atoms with Crippen LogP contribution in [0.15, 0.2) is 67.0 Å². The van der Waals surface area contributed by atoms with E-state index in [-0.39, 0.29) is 0 Å². The molecular formula is C49H76N4. The summed E-state index contributed by atoms with van der Waals surface area (Å²) in [5.74, 6) is 1.40. The van der Waals surface area contributed by atoms with E-state index in [1.807, 2.05) is 13.8 Å². The van der Waals surface area contributed by atoms with Crippen LogP contribution in [0.25, 0.3) is 22.6 Å². The minimum absolute atomic E-state index is 0.657. The van der Waals surface area contributed by atoms with Gasteiger partial charge in [-0.3, -0.25) is 0 Å². The van der Waals surface area contributed by atoms with Crippen molar-refractivity contribution in [2.24, 2.45) is 0 Å². The molecule has 0 bridgehead atoms. The Bertz CT molecular complexity index is 1680. The van der Waals surface area contributed by atoms with Crippen molar-refractivity contribution in [2.75, 3.05) is 40.3 Å². The van der Waals surface area contributed by atoms with Gasteiger partial charge in [0.05, 0.1) is 0 Å². The van der Waals surface area contributed by atoms with E-state index in [1.54, 1.807) is 11.1 Å². The van der Waals surface area contributed by atoms with E-state index in [1.165, 1.54) is 154 Å². The average molecular weight is 721 g/mol. The van der Waals surface area contributed by atoms with Crippen LogP contribution in [0, 0.1) is 0 Å². The Morgan fingerprint density at radius 2 is 1.45 bits per heavy atom. The lowest BCUT2D eigenvalue weighted by Gasteiger charge is -2.13. The summed E-state index contributed by atoms with van der Waals surface area (Å²) in [4.78, 5) is 11.9. The van der Waals surface area contributed by atoms with Gasteiger partial charge in [0.15, 0.2) is 0 Å². The predicted molar refractivity (Wildman–Crippen MR) is 234 cm³/mol. The van der Waals surface area contributed by atoms with Crippen LogP contribution >= 0.6 is 0 Å². The van der Waals surface area contributed by atoms with Crippen LogP contribution < -0.4 is 10.6 Å². The van der Waals surface area contributed by atoms with Crippen LogP contribution in [0.4, 0.5) is 0 Å². The van der Waals surface area contributed by atoms with Crippen molar-refractivity contribution >= 4 is 22.6 Å². The Kier molecular flexibility index (Phi) is 19.0. The Balaban J connectivity index is 0.000000287. The molecule has 3 aliphatic rings. The van der Waals surface area contributed by atoms with Gasteiger partial charge in [-0.15, -0.1) is 0 Å². The smallest absolute Gasteiger partial charge is 0.0459 e. The molecule has 2 saturated heterocycles. The highest BCUT2D eigenvalue weighted by molar-refractivity contribution is 5.87. The van der Waals surface area contributed by atoms with Crippen molar-refractivity contribution in [2.45, 2.75) is 149 Å². The number of nitrogens with one attached hydrogen (secondary N) is 2. The molecule has 2 unspecified atom stereocenters. The highest BCUT2D eigenvalue weighted by Crippen LogP contribution is 2.35. The van der Waals surface area contributed by atoms with E-state index in [4.69, 9.17) is 0 Å². The lowest BCUT2D eigenvalue weighted by molar-refractivity contribution is 0.411. The summed E-state index contributed by atoms with van der Waals surface area (Å²) in [6, 6.07) is 6.74. The van der Waals surface area contributed by atoms with Crippen molar-refractivity contribution in [3.05, 3.63) is 94.3 Å². The molecule has 2 aromatic heterocycles. The van der Waals surface area contributed by atoms with E-state index in [0.717, 1.165) is 25.2 Å². The topological polar surface area (TPSA) is 38.1 Å². The molecule has 53 heavy (non-hydrogen) atoms. The average Bonchev–Trinajstić information content (AvgIpc) is 3.98. The molecule has 1 aromatic carbocycles. The third-order valence-electron chi connectivity index (χ3n) is 11.6. The maximum absolute atomic E-state index is 4.45. The van der Waals surface area contributed by atoms with Crippen molar-refractivity contribution in [3.63, 3.8) is 0 Å². The quantitative estimate of drug-likeness (QED) is 0.101. The number of benzene rings is 1. The SMILES string of the molecule is C=C(CCCCCCC/C=C\C/C=C\CCCCC)Cc1cccc2[nH]cc(C3CCN(C)C3)c12.CC.CC1=c2c(C3CCN(C)C3)c[nH]c2=CCC1. The Morgan fingerprint density at radius 1 is 0.811 bits per heavy atom. The summed E-state index contributed by atoms with van der Waals surface area (Å²) in [6.07, 6.45) is 37.7. The third kappa shape index (κ3) is 13.3. The normalized spacial score (nSPS) is 19.0. The highest BCUT2D eigenvalue weighted by atomic mass is 15.1. The first kappa shape index (κ1) is 42.7. The number of rotatable bonds is 18. The third-order valence-corrected chi connectivity index (χ3v) is 11.6. The number of hydrogen-bond donors (Lipinski definition) is 2. The minimum Gasteiger partial charge on any atom is -0.361 e. The van der Waals surface area contributed by atoms with E-state index in [9.17, 15) is 0 Å². The highest BCUT2D eigenvalue weighted by Gasteiger charge is 2.25. The fourth-order valence-corrected chi connectivity index (χ4v) is 8.65. The van der Waals surface area contributed by atoms with Gasteiger partial charge in [-0.05, 0) is 146 Å². The Hall–Kier alpha value is -3.08.